The van der Waals surface area contributed by atoms with Gasteiger partial charge >= 0.3 is 0 Å². The molecule has 35 heavy (non-hydrogen) atoms. The molecule has 0 aliphatic carbocycles. The van der Waals surface area contributed by atoms with Crippen LogP contribution in [0.25, 0.3) is 22.6 Å². The van der Waals surface area contributed by atoms with E-state index in [-0.39, 0.29) is 5.91 Å². The number of benzene rings is 1. The van der Waals surface area contributed by atoms with E-state index in [9.17, 15) is 4.79 Å². The van der Waals surface area contributed by atoms with Crippen LogP contribution in [0.1, 0.15) is 18.1 Å². The number of pyridine rings is 1. The van der Waals surface area contributed by atoms with Gasteiger partial charge in [-0.1, -0.05) is 29.8 Å². The van der Waals surface area contributed by atoms with Crippen LogP contribution in [0.4, 0.5) is 11.8 Å². The molecular formula is C25H27N9O. The van der Waals surface area contributed by atoms with Crippen molar-refractivity contribution >= 4 is 35.1 Å². The van der Waals surface area contributed by atoms with Crippen LogP contribution in [0.15, 0.2) is 53.9 Å². The molecule has 0 bridgehead atoms. The Hall–Kier alpha value is -4.34. The van der Waals surface area contributed by atoms with Crippen LogP contribution in [0.5, 0.6) is 0 Å². The monoisotopic (exact) mass is 469 g/mol. The average Bonchev–Trinajstić information content (AvgIpc) is 3.20. The molecule has 0 unspecified atom stereocenters. The molecule has 1 N–H and O–H groups in total. The Morgan fingerprint density at radius 3 is 2.54 bits per heavy atom. The number of imidazole rings is 1. The predicted octanol–water partition coefficient (Wildman–Crippen LogP) is 2.85. The third-order valence-corrected chi connectivity index (χ3v) is 6.08. The van der Waals surface area contributed by atoms with Crippen LogP contribution in [0.2, 0.25) is 0 Å². The SMILES string of the molecule is CC(=O)N1CCN(c2nc(NN=Cc3cccc(C)c3)nc3c2nc(-c2ccncc2)n3C)CC1. The molecular weight excluding hydrogens is 442 g/mol. The Bertz CT molecular complexity index is 1390. The zero-order valence-corrected chi connectivity index (χ0v) is 20.0. The fraction of sp³-hybridized carbons (Fsp3) is 0.280. The minimum atomic E-state index is 0.0862. The Kier molecular flexibility index (Phi) is 6.09. The van der Waals surface area contributed by atoms with Gasteiger partial charge in [0.2, 0.25) is 11.9 Å². The van der Waals surface area contributed by atoms with Crippen LogP contribution in [0, 0.1) is 6.92 Å². The van der Waals surface area contributed by atoms with Gasteiger partial charge in [-0.25, -0.2) is 10.4 Å². The van der Waals surface area contributed by atoms with Gasteiger partial charge in [0.15, 0.2) is 17.0 Å². The van der Waals surface area contributed by atoms with Gasteiger partial charge in [-0.3, -0.25) is 9.78 Å². The van der Waals surface area contributed by atoms with Crippen LogP contribution in [0.3, 0.4) is 0 Å². The maximum Gasteiger partial charge on any atom is 0.247 e. The molecule has 1 saturated heterocycles. The summed E-state index contributed by atoms with van der Waals surface area (Å²) in [6, 6.07) is 11.9. The lowest BCUT2D eigenvalue weighted by Gasteiger charge is -2.34. The lowest BCUT2D eigenvalue weighted by atomic mass is 10.2. The van der Waals surface area contributed by atoms with Gasteiger partial charge in [0.1, 0.15) is 5.82 Å². The number of hydrogen-bond acceptors (Lipinski definition) is 8. The van der Waals surface area contributed by atoms with Crippen molar-refractivity contribution in [2.24, 2.45) is 12.1 Å². The minimum Gasteiger partial charge on any atom is -0.351 e. The summed E-state index contributed by atoms with van der Waals surface area (Å²) >= 11 is 0. The molecule has 0 radical (unpaired) electrons. The van der Waals surface area contributed by atoms with E-state index in [4.69, 9.17) is 15.0 Å². The fourth-order valence-corrected chi connectivity index (χ4v) is 4.22. The number of amides is 1. The number of rotatable bonds is 5. The lowest BCUT2D eigenvalue weighted by Crippen LogP contribution is -2.48. The van der Waals surface area contributed by atoms with E-state index in [2.05, 4.69) is 26.5 Å². The Morgan fingerprint density at radius 1 is 1.06 bits per heavy atom. The molecule has 1 fully saturated rings. The van der Waals surface area contributed by atoms with E-state index in [0.717, 1.165) is 28.3 Å². The highest BCUT2D eigenvalue weighted by Gasteiger charge is 2.25. The van der Waals surface area contributed by atoms with Crippen molar-refractivity contribution in [3.05, 3.63) is 59.9 Å². The second-order valence-electron chi connectivity index (χ2n) is 8.55. The van der Waals surface area contributed by atoms with E-state index in [1.54, 1.807) is 25.5 Å². The number of carbonyl (C=O) groups excluding carboxylic acids is 1. The first kappa shape index (κ1) is 22.5. The zero-order valence-electron chi connectivity index (χ0n) is 20.0. The van der Waals surface area contributed by atoms with E-state index >= 15 is 0 Å². The van der Waals surface area contributed by atoms with Crippen molar-refractivity contribution in [2.75, 3.05) is 36.5 Å². The van der Waals surface area contributed by atoms with E-state index in [1.807, 2.05) is 53.8 Å². The summed E-state index contributed by atoms with van der Waals surface area (Å²) < 4.78 is 1.96. The van der Waals surface area contributed by atoms with Crippen LogP contribution in [-0.2, 0) is 11.8 Å². The van der Waals surface area contributed by atoms with Gasteiger partial charge in [-0.15, -0.1) is 0 Å². The summed E-state index contributed by atoms with van der Waals surface area (Å²) in [5.41, 5.74) is 7.50. The predicted molar refractivity (Wildman–Crippen MR) is 136 cm³/mol. The summed E-state index contributed by atoms with van der Waals surface area (Å²) in [6.45, 7) is 6.26. The quantitative estimate of drug-likeness (QED) is 0.354. The van der Waals surface area contributed by atoms with Gasteiger partial charge < -0.3 is 14.4 Å². The second kappa shape index (κ2) is 9.49. The maximum absolute atomic E-state index is 11.8. The number of carbonyl (C=O) groups is 1. The smallest absolute Gasteiger partial charge is 0.247 e. The van der Waals surface area contributed by atoms with Gasteiger partial charge in [-0.05, 0) is 24.6 Å². The standard InChI is InChI=1S/C25H27N9O/c1-17-5-4-6-19(15-17)16-27-31-25-29-23-21(28-22(32(23)3)20-7-9-26-10-8-20)24(30-25)34-13-11-33(12-14-34)18(2)35/h4-10,15-16H,11-14H2,1-3H3,(H,29,30,31). The van der Waals surface area contributed by atoms with Crippen molar-refractivity contribution < 1.29 is 4.79 Å². The molecule has 4 heterocycles. The molecule has 0 atom stereocenters. The first-order chi connectivity index (χ1) is 17.0. The lowest BCUT2D eigenvalue weighted by molar-refractivity contribution is -0.129. The Morgan fingerprint density at radius 2 is 1.83 bits per heavy atom. The second-order valence-corrected chi connectivity index (χ2v) is 8.55. The number of hydrogen-bond donors (Lipinski definition) is 1. The van der Waals surface area contributed by atoms with Gasteiger partial charge in [0.25, 0.3) is 0 Å². The van der Waals surface area contributed by atoms with Gasteiger partial charge in [-0.2, -0.15) is 15.1 Å². The number of fused-ring (bicyclic) bond motifs is 1. The summed E-state index contributed by atoms with van der Waals surface area (Å²) in [7, 11) is 1.94. The molecule has 0 spiro atoms. The van der Waals surface area contributed by atoms with E-state index in [1.165, 1.54) is 0 Å². The molecule has 5 rings (SSSR count). The van der Waals surface area contributed by atoms with Gasteiger partial charge in [0.05, 0.1) is 6.21 Å². The van der Waals surface area contributed by atoms with Crippen LogP contribution < -0.4 is 10.3 Å². The van der Waals surface area contributed by atoms with Crippen molar-refractivity contribution in [3.63, 3.8) is 0 Å². The van der Waals surface area contributed by atoms with Crippen molar-refractivity contribution in [3.8, 4) is 11.4 Å². The molecule has 0 saturated carbocycles. The zero-order chi connectivity index (χ0) is 24.4. The minimum absolute atomic E-state index is 0.0862. The molecule has 178 valence electrons. The van der Waals surface area contributed by atoms with Gasteiger partial charge in [0, 0.05) is 58.1 Å². The van der Waals surface area contributed by atoms with E-state index in [0.29, 0.717) is 43.3 Å². The van der Waals surface area contributed by atoms with Crippen molar-refractivity contribution in [1.29, 1.82) is 0 Å². The number of nitrogens with zero attached hydrogens (tertiary/aromatic N) is 8. The molecule has 1 aliphatic heterocycles. The highest BCUT2D eigenvalue weighted by Crippen LogP contribution is 2.30. The molecule has 1 amide bonds. The highest BCUT2D eigenvalue weighted by atomic mass is 16.2. The molecule has 3 aromatic heterocycles. The first-order valence-electron chi connectivity index (χ1n) is 11.5. The number of piperazine rings is 1. The van der Waals surface area contributed by atoms with Crippen LogP contribution in [-0.4, -0.2) is 67.7 Å². The number of hydrazone groups is 1. The first-order valence-corrected chi connectivity index (χ1v) is 11.5. The Balaban J connectivity index is 1.52. The third kappa shape index (κ3) is 4.68. The molecule has 1 aromatic carbocycles. The molecule has 1 aliphatic rings. The largest absolute Gasteiger partial charge is 0.351 e. The topological polar surface area (TPSA) is 104 Å². The highest BCUT2D eigenvalue weighted by molar-refractivity contribution is 5.88. The maximum atomic E-state index is 11.8. The molecule has 4 aromatic rings. The van der Waals surface area contributed by atoms with Crippen molar-refractivity contribution in [2.45, 2.75) is 13.8 Å². The summed E-state index contributed by atoms with van der Waals surface area (Å²) in [5.74, 6) is 1.97. The third-order valence-electron chi connectivity index (χ3n) is 6.08. The van der Waals surface area contributed by atoms with Crippen molar-refractivity contribution in [1.82, 2.24) is 29.4 Å². The number of aryl methyl sites for hydroxylation is 2. The summed E-state index contributed by atoms with van der Waals surface area (Å²) in [5, 5.41) is 4.37. The summed E-state index contributed by atoms with van der Waals surface area (Å²) in [6.07, 6.45) is 5.24. The number of anilines is 2. The number of aromatic nitrogens is 5. The summed E-state index contributed by atoms with van der Waals surface area (Å²) in [4.78, 5) is 34.3. The van der Waals surface area contributed by atoms with E-state index < -0.39 is 0 Å². The fourth-order valence-electron chi connectivity index (χ4n) is 4.22. The normalized spacial score (nSPS) is 14.1. The Labute approximate surface area is 203 Å². The van der Waals surface area contributed by atoms with Crippen LogP contribution >= 0.6 is 0 Å². The number of nitrogens with one attached hydrogen (secondary N) is 1. The molecule has 10 heteroatoms. The molecule has 10 nitrogen and oxygen atoms in total. The average molecular weight is 470 g/mol.